The molecule has 0 unspecified atom stereocenters. The second-order valence-electron chi connectivity index (χ2n) is 6.24. The molecule has 27 heavy (non-hydrogen) atoms. The van der Waals surface area contributed by atoms with Crippen LogP contribution < -0.4 is 15.0 Å². The molecule has 0 amide bonds. The maximum atomic E-state index is 13.2. The van der Waals surface area contributed by atoms with E-state index in [2.05, 4.69) is 5.32 Å². The van der Waals surface area contributed by atoms with Crippen LogP contribution in [0.15, 0.2) is 73.1 Å². The van der Waals surface area contributed by atoms with Gasteiger partial charge in [0.05, 0.1) is 0 Å². The van der Waals surface area contributed by atoms with Gasteiger partial charge in [-0.2, -0.15) is 4.57 Å². The lowest BCUT2D eigenvalue weighted by Gasteiger charge is -2.17. The summed E-state index contributed by atoms with van der Waals surface area (Å²) in [7, 11) is 0. The molecule has 0 bridgehead atoms. The summed E-state index contributed by atoms with van der Waals surface area (Å²) in [6, 6.07) is 16.9. The Bertz CT molecular complexity index is 999. The molecular weight excluding hydrogens is 359 g/mol. The minimum absolute atomic E-state index is 0.284. The Labute approximate surface area is 163 Å². The Morgan fingerprint density at radius 1 is 1.00 bits per heavy atom. The lowest BCUT2D eigenvalue weighted by molar-refractivity contribution is -0.577. The third kappa shape index (κ3) is 4.38. The summed E-state index contributed by atoms with van der Waals surface area (Å²) in [6.07, 6.45) is 3.51. The average Bonchev–Trinajstić information content (AvgIpc) is 2.65. The van der Waals surface area contributed by atoms with E-state index >= 15 is 0 Å². The highest BCUT2D eigenvalue weighted by molar-refractivity contribution is 7.81. The maximum absolute atomic E-state index is 13.2. The van der Waals surface area contributed by atoms with E-state index in [0.717, 1.165) is 16.8 Å². The number of nitrogens with one attached hydrogen (secondary N) is 1. The molecule has 0 fully saturated rings. The van der Waals surface area contributed by atoms with Gasteiger partial charge in [-0.25, -0.2) is 4.39 Å². The number of anilines is 1. The lowest BCUT2D eigenvalue weighted by atomic mass is 10.1. The van der Waals surface area contributed by atoms with Crippen molar-refractivity contribution in [3.63, 3.8) is 0 Å². The molecule has 0 radical (unpaired) electrons. The third-order valence-corrected chi connectivity index (χ3v) is 4.44. The Hall–Kier alpha value is -3.05. The van der Waals surface area contributed by atoms with Gasteiger partial charge in [0.1, 0.15) is 5.82 Å². The Kier molecular flexibility index (Phi) is 5.62. The van der Waals surface area contributed by atoms with Crippen LogP contribution in [0.2, 0.25) is 0 Å². The van der Waals surface area contributed by atoms with Crippen LogP contribution in [0, 0.1) is 19.7 Å². The van der Waals surface area contributed by atoms with Crippen LogP contribution in [-0.2, 0) is 0 Å². The van der Waals surface area contributed by atoms with Gasteiger partial charge in [0.2, 0.25) is 5.70 Å². The Morgan fingerprint density at radius 2 is 1.67 bits per heavy atom. The fraction of sp³-hybridized carbons (Fsp3) is 0.0909. The zero-order valence-corrected chi connectivity index (χ0v) is 15.9. The van der Waals surface area contributed by atoms with Crippen molar-refractivity contribution in [1.29, 1.82) is 0 Å². The van der Waals surface area contributed by atoms with Crippen LogP contribution >= 0.6 is 12.2 Å². The van der Waals surface area contributed by atoms with Crippen LogP contribution in [0.4, 0.5) is 10.1 Å². The standard InChI is InChI=1S/C22H19FN2OS/c1-15-6-11-19(16(2)14-15)24-22(27)20(25-12-4-3-5-13-25)21(26)17-7-9-18(23)10-8-17/h3-14H,1-2H3,(H-,24,26,27). The normalized spacial score (nSPS) is 11.7. The molecule has 1 aromatic heterocycles. The minimum Gasteiger partial charge on any atom is -0.867 e. The van der Waals surface area contributed by atoms with Gasteiger partial charge in [-0.15, -0.1) is 0 Å². The summed E-state index contributed by atoms with van der Waals surface area (Å²) in [4.78, 5) is 0.299. The van der Waals surface area contributed by atoms with Gasteiger partial charge in [-0.05, 0) is 48.9 Å². The van der Waals surface area contributed by atoms with E-state index < -0.39 is 5.82 Å². The number of halogens is 1. The van der Waals surface area contributed by atoms with E-state index in [1.807, 2.05) is 50.2 Å². The van der Waals surface area contributed by atoms with Crippen molar-refractivity contribution in [3.8, 4) is 0 Å². The molecule has 0 aliphatic carbocycles. The number of hydrogen-bond acceptors (Lipinski definition) is 2. The smallest absolute Gasteiger partial charge is 0.238 e. The fourth-order valence-electron chi connectivity index (χ4n) is 2.76. The van der Waals surface area contributed by atoms with Crippen LogP contribution in [0.25, 0.3) is 11.5 Å². The Balaban J connectivity index is 2.05. The molecule has 1 N–H and O–H groups in total. The first kappa shape index (κ1) is 18.7. The first-order valence-corrected chi connectivity index (χ1v) is 8.89. The molecular formula is C22H19FN2OS. The Morgan fingerprint density at radius 3 is 2.30 bits per heavy atom. The summed E-state index contributed by atoms with van der Waals surface area (Å²) in [5.41, 5.74) is 3.69. The van der Waals surface area contributed by atoms with Gasteiger partial charge in [-0.3, -0.25) is 0 Å². The zero-order chi connectivity index (χ0) is 19.4. The number of thiocarbonyl (C=S) groups is 1. The van der Waals surface area contributed by atoms with E-state index in [0.29, 0.717) is 16.2 Å². The molecule has 1 heterocycles. The van der Waals surface area contributed by atoms with E-state index in [1.165, 1.54) is 24.3 Å². The molecule has 3 nitrogen and oxygen atoms in total. The topological polar surface area (TPSA) is 39.0 Å². The molecule has 2 aromatic carbocycles. The van der Waals surface area contributed by atoms with E-state index in [1.54, 1.807) is 17.0 Å². The van der Waals surface area contributed by atoms with Gasteiger partial charge < -0.3 is 10.4 Å². The number of pyridine rings is 1. The molecule has 3 rings (SSSR count). The largest absolute Gasteiger partial charge is 0.867 e. The highest BCUT2D eigenvalue weighted by Crippen LogP contribution is 2.20. The predicted octanol–water partition coefficient (Wildman–Crippen LogP) is 3.86. The highest BCUT2D eigenvalue weighted by atomic mass is 32.1. The van der Waals surface area contributed by atoms with Crippen molar-refractivity contribution in [1.82, 2.24) is 0 Å². The van der Waals surface area contributed by atoms with Gasteiger partial charge in [0.15, 0.2) is 17.4 Å². The van der Waals surface area contributed by atoms with Crippen molar-refractivity contribution in [2.24, 2.45) is 0 Å². The quantitative estimate of drug-likeness (QED) is 0.324. The number of nitrogens with zero attached hydrogens (tertiary/aromatic N) is 1. The number of rotatable bonds is 4. The predicted molar refractivity (Wildman–Crippen MR) is 108 cm³/mol. The number of benzene rings is 2. The second-order valence-corrected chi connectivity index (χ2v) is 6.65. The van der Waals surface area contributed by atoms with Crippen LogP contribution in [0.5, 0.6) is 0 Å². The van der Waals surface area contributed by atoms with Gasteiger partial charge in [-0.1, -0.05) is 48.1 Å². The van der Waals surface area contributed by atoms with Crippen LogP contribution in [0.1, 0.15) is 16.7 Å². The zero-order valence-electron chi connectivity index (χ0n) is 15.1. The molecule has 136 valence electrons. The van der Waals surface area contributed by atoms with Crippen molar-refractivity contribution in [2.75, 3.05) is 5.32 Å². The summed E-state index contributed by atoms with van der Waals surface area (Å²) in [5, 5.41) is 16.3. The summed E-state index contributed by atoms with van der Waals surface area (Å²) >= 11 is 5.57. The minimum atomic E-state index is -0.392. The first-order chi connectivity index (χ1) is 13.0. The lowest BCUT2D eigenvalue weighted by Crippen LogP contribution is -2.39. The highest BCUT2D eigenvalue weighted by Gasteiger charge is 2.19. The van der Waals surface area contributed by atoms with Crippen molar-refractivity contribution in [3.05, 3.63) is 95.6 Å². The molecule has 0 aliphatic heterocycles. The van der Waals surface area contributed by atoms with E-state index in [9.17, 15) is 9.50 Å². The molecule has 5 heteroatoms. The van der Waals surface area contributed by atoms with E-state index in [4.69, 9.17) is 12.2 Å². The van der Waals surface area contributed by atoms with Crippen molar-refractivity contribution >= 4 is 34.3 Å². The maximum Gasteiger partial charge on any atom is 0.238 e. The average molecular weight is 378 g/mol. The summed E-state index contributed by atoms with van der Waals surface area (Å²) in [5.74, 6) is -0.676. The third-order valence-electron chi connectivity index (χ3n) is 4.14. The monoisotopic (exact) mass is 378 g/mol. The molecule has 0 spiro atoms. The van der Waals surface area contributed by atoms with E-state index in [-0.39, 0.29) is 5.76 Å². The van der Waals surface area contributed by atoms with Gasteiger partial charge >= 0.3 is 0 Å². The number of aryl methyl sites for hydroxylation is 2. The summed E-state index contributed by atoms with van der Waals surface area (Å²) in [6.45, 7) is 4.00. The van der Waals surface area contributed by atoms with Crippen molar-refractivity contribution < 1.29 is 14.1 Å². The number of hydrogen-bond donors (Lipinski definition) is 1. The molecule has 3 aromatic rings. The SMILES string of the molecule is Cc1ccc(NC(=S)C(=C([O-])c2ccc(F)cc2)[n+]2ccccc2)c(C)c1. The van der Waals surface area contributed by atoms with Crippen LogP contribution in [0.3, 0.4) is 0 Å². The molecule has 0 saturated heterocycles. The molecule has 0 saturated carbocycles. The van der Waals surface area contributed by atoms with Crippen molar-refractivity contribution in [2.45, 2.75) is 13.8 Å². The number of aromatic nitrogens is 1. The summed E-state index contributed by atoms with van der Waals surface area (Å²) < 4.78 is 14.9. The molecule has 0 atom stereocenters. The fourth-order valence-corrected chi connectivity index (χ4v) is 3.07. The first-order valence-electron chi connectivity index (χ1n) is 8.48. The second kappa shape index (κ2) is 8.10. The molecule has 0 aliphatic rings. The van der Waals surface area contributed by atoms with Gasteiger partial charge in [0.25, 0.3) is 0 Å². The van der Waals surface area contributed by atoms with Gasteiger partial charge in [0, 0.05) is 17.8 Å². The van der Waals surface area contributed by atoms with Crippen LogP contribution in [-0.4, -0.2) is 4.99 Å².